The molecule has 0 unspecified atom stereocenters. The van der Waals surface area contributed by atoms with Crippen molar-refractivity contribution in [3.63, 3.8) is 0 Å². The molecule has 0 rings (SSSR count). The molecule has 62 heavy (non-hydrogen) atoms. The number of unbranched alkanes of at least 4 members (excludes halogenated alkanes) is 49. The van der Waals surface area contributed by atoms with Gasteiger partial charge in [-0.3, -0.25) is 0 Å². The molecule has 0 aliphatic heterocycles. The van der Waals surface area contributed by atoms with Gasteiger partial charge in [-0.15, -0.1) is 0 Å². The summed E-state index contributed by atoms with van der Waals surface area (Å²) in [6.07, 6.45) is 86.0. The van der Waals surface area contributed by atoms with E-state index in [2.05, 4.69) is 27.7 Å². The fraction of sp³-hybridized carbons (Fsp3) is 1.00. The number of hydrogen-bond acceptors (Lipinski definition) is 0. The molecule has 0 heterocycles. The van der Waals surface area contributed by atoms with Crippen molar-refractivity contribution in [1.82, 2.24) is 0 Å². The Hall–Kier alpha value is 0.430. The first-order valence-electron chi connectivity index (χ1n) is 30.7. The van der Waals surface area contributed by atoms with E-state index in [1.807, 2.05) is 0 Å². The Kier molecular flexibility index (Phi) is 56.1. The molecule has 0 aromatic carbocycles. The third-order valence-corrected chi connectivity index (χ3v) is 21.1. The normalized spacial score (nSPS) is 12.3. The van der Waals surface area contributed by atoms with Crippen LogP contribution >= 0.6 is 7.26 Å². The van der Waals surface area contributed by atoms with E-state index in [9.17, 15) is 0 Å². The summed E-state index contributed by atoms with van der Waals surface area (Å²) in [4.78, 5) is 0. The average molecular weight is 892 g/mol. The van der Waals surface area contributed by atoms with E-state index in [0.29, 0.717) is 0 Å². The third-order valence-electron chi connectivity index (χ3n) is 15.5. The van der Waals surface area contributed by atoms with E-state index in [-0.39, 0.29) is 0 Å². The SMILES string of the molecule is CCCCCCCCCCCCCCCC[PH](CCCCCCCCCCCCCCC)(CCCCCCCCCCCCCCC)CCCCCCCCCCCCCCC. The van der Waals surface area contributed by atoms with Gasteiger partial charge in [-0.2, -0.15) is 0 Å². The maximum absolute atomic E-state index is 2.34. The zero-order valence-electron chi connectivity index (χ0n) is 44.8. The first-order chi connectivity index (χ1) is 30.7. The van der Waals surface area contributed by atoms with E-state index in [1.54, 1.807) is 76.0 Å². The van der Waals surface area contributed by atoms with Crippen molar-refractivity contribution >= 4 is 7.26 Å². The first-order valence-corrected chi connectivity index (χ1v) is 33.6. The Morgan fingerprint density at radius 1 is 0.129 bits per heavy atom. The van der Waals surface area contributed by atoms with Gasteiger partial charge >= 0.3 is 314 Å². The Bertz CT molecular complexity index is 684. The topological polar surface area (TPSA) is 0 Å². The van der Waals surface area contributed by atoms with Gasteiger partial charge in [0, 0.05) is 0 Å². The molecule has 0 radical (unpaired) electrons. The summed E-state index contributed by atoms with van der Waals surface area (Å²) in [6.45, 7) is 9.35. The van der Waals surface area contributed by atoms with Crippen molar-refractivity contribution in [2.45, 2.75) is 368 Å². The van der Waals surface area contributed by atoms with Crippen molar-refractivity contribution in [3.8, 4) is 0 Å². The molecule has 0 spiro atoms. The van der Waals surface area contributed by atoms with E-state index in [0.717, 1.165) is 0 Å². The van der Waals surface area contributed by atoms with Crippen molar-refractivity contribution in [1.29, 1.82) is 0 Å². The van der Waals surface area contributed by atoms with Gasteiger partial charge in [-0.1, -0.05) is 85.5 Å². The minimum absolute atomic E-state index is 1.20. The second kappa shape index (κ2) is 55.8. The minimum atomic E-state index is -1.20. The molecule has 0 amide bonds. The second-order valence-electron chi connectivity index (χ2n) is 21.8. The van der Waals surface area contributed by atoms with Crippen LogP contribution in [0.3, 0.4) is 0 Å². The quantitative estimate of drug-likeness (QED) is 0.0422. The third kappa shape index (κ3) is 49.9. The van der Waals surface area contributed by atoms with Crippen molar-refractivity contribution in [2.75, 3.05) is 24.6 Å². The summed E-state index contributed by atoms with van der Waals surface area (Å²) in [5, 5.41) is 0. The minimum Gasteiger partial charge on any atom is -0.0654 e. The van der Waals surface area contributed by atoms with Crippen molar-refractivity contribution in [3.05, 3.63) is 0 Å². The van der Waals surface area contributed by atoms with Gasteiger partial charge in [0.25, 0.3) is 0 Å². The molecular weight excluding hydrogens is 764 g/mol. The molecule has 0 fully saturated rings. The van der Waals surface area contributed by atoms with Crippen LogP contribution < -0.4 is 0 Å². The molecule has 0 atom stereocenters. The smallest absolute Gasteiger partial charge is 0.0654 e. The second-order valence-corrected chi connectivity index (χ2v) is 26.8. The molecule has 0 bridgehead atoms. The van der Waals surface area contributed by atoms with Gasteiger partial charge in [0.05, 0.1) is 0 Å². The summed E-state index contributed by atoms with van der Waals surface area (Å²) < 4.78 is 0. The predicted octanol–water partition coefficient (Wildman–Crippen LogP) is 23.5. The Morgan fingerprint density at radius 3 is 0.339 bits per heavy atom. The van der Waals surface area contributed by atoms with E-state index < -0.39 is 7.26 Å². The molecule has 0 nitrogen and oxygen atoms in total. The summed E-state index contributed by atoms with van der Waals surface area (Å²) in [7, 11) is -1.20. The van der Waals surface area contributed by atoms with E-state index in [4.69, 9.17) is 0 Å². The fourth-order valence-electron chi connectivity index (χ4n) is 11.0. The zero-order chi connectivity index (χ0) is 44.8. The van der Waals surface area contributed by atoms with Gasteiger partial charge in [0.2, 0.25) is 0 Å². The van der Waals surface area contributed by atoms with Crippen LogP contribution in [0.15, 0.2) is 0 Å². The van der Waals surface area contributed by atoms with Crippen LogP contribution in [-0.4, -0.2) is 24.6 Å². The molecule has 0 saturated carbocycles. The van der Waals surface area contributed by atoms with Crippen LogP contribution in [0.2, 0.25) is 0 Å². The van der Waals surface area contributed by atoms with Crippen molar-refractivity contribution in [2.24, 2.45) is 0 Å². The van der Waals surface area contributed by atoms with Crippen LogP contribution in [0.5, 0.6) is 0 Å². The molecule has 0 aliphatic carbocycles. The first kappa shape index (κ1) is 62.4. The Morgan fingerprint density at radius 2 is 0.226 bits per heavy atom. The van der Waals surface area contributed by atoms with E-state index >= 15 is 0 Å². The summed E-state index contributed by atoms with van der Waals surface area (Å²) in [5.74, 6) is 0. The van der Waals surface area contributed by atoms with Crippen LogP contribution in [-0.2, 0) is 0 Å². The number of rotatable bonds is 57. The van der Waals surface area contributed by atoms with Crippen LogP contribution in [0.1, 0.15) is 368 Å². The summed E-state index contributed by atoms with van der Waals surface area (Å²) in [5.41, 5.74) is 0. The molecule has 0 aromatic heterocycles. The maximum atomic E-state index is 2.34. The average Bonchev–Trinajstić information content (AvgIpc) is 3.28. The molecule has 0 N–H and O–H groups in total. The van der Waals surface area contributed by atoms with Gasteiger partial charge in [0.15, 0.2) is 0 Å². The van der Waals surface area contributed by atoms with Crippen LogP contribution in [0.25, 0.3) is 0 Å². The predicted molar refractivity (Wildman–Crippen MR) is 295 cm³/mol. The fourth-order valence-corrected chi connectivity index (χ4v) is 16.5. The van der Waals surface area contributed by atoms with Crippen molar-refractivity contribution < 1.29 is 0 Å². The zero-order valence-corrected chi connectivity index (χ0v) is 45.8. The van der Waals surface area contributed by atoms with E-state index in [1.165, 1.54) is 289 Å². The molecule has 376 valence electrons. The molecule has 0 aromatic rings. The van der Waals surface area contributed by atoms with Crippen LogP contribution in [0, 0.1) is 0 Å². The molecule has 0 saturated heterocycles. The van der Waals surface area contributed by atoms with Gasteiger partial charge in [0.1, 0.15) is 0 Å². The molecule has 1 heteroatoms. The molecule has 0 aliphatic rings. The van der Waals surface area contributed by atoms with Gasteiger partial charge in [-0.05, 0) is 0 Å². The Labute approximate surface area is 398 Å². The Balaban J connectivity index is 4.92. The monoisotopic (exact) mass is 891 g/mol. The standard InChI is InChI=1S/C61H127P/c1-5-9-13-17-21-25-29-33-37-41-45-49-53-57-61-62(58-54-50-46-42-38-34-30-26-22-18-14-10-6-2,59-55-51-47-43-39-35-31-27-23-19-15-11-7-3)60-56-52-48-44-40-36-32-28-24-20-16-12-8-4/h62H,5-61H2,1-4H3. The van der Waals surface area contributed by atoms with Crippen LogP contribution in [0.4, 0.5) is 0 Å². The summed E-state index contributed by atoms with van der Waals surface area (Å²) in [6, 6.07) is 0. The molecular formula is C61H127P. The van der Waals surface area contributed by atoms with Gasteiger partial charge < -0.3 is 0 Å². The van der Waals surface area contributed by atoms with Gasteiger partial charge in [-0.25, -0.2) is 0 Å². The number of hydrogen-bond donors (Lipinski definition) is 0. The summed E-state index contributed by atoms with van der Waals surface area (Å²) >= 11 is 0.